The summed E-state index contributed by atoms with van der Waals surface area (Å²) in [7, 11) is 1.55. The zero-order valence-electron chi connectivity index (χ0n) is 15.6. The van der Waals surface area contributed by atoms with Crippen molar-refractivity contribution in [3.8, 4) is 5.75 Å². The van der Waals surface area contributed by atoms with E-state index in [1.165, 1.54) is 10.6 Å². The fourth-order valence-electron chi connectivity index (χ4n) is 3.18. The number of pyridine rings is 1. The van der Waals surface area contributed by atoms with E-state index in [-0.39, 0.29) is 43.4 Å². The minimum atomic E-state index is -0.907. The Morgan fingerprint density at radius 3 is 2.86 bits per heavy atom. The van der Waals surface area contributed by atoms with Gasteiger partial charge in [0.25, 0.3) is 5.56 Å². The zero-order chi connectivity index (χ0) is 20.1. The van der Waals surface area contributed by atoms with Crippen LogP contribution in [0.4, 0.5) is 5.69 Å². The van der Waals surface area contributed by atoms with Crippen LogP contribution < -0.4 is 20.5 Å². The third kappa shape index (κ3) is 4.58. The number of ether oxygens (including phenoxy) is 1. The highest BCUT2D eigenvalue weighted by atomic mass is 16.5. The van der Waals surface area contributed by atoms with Crippen molar-refractivity contribution in [2.24, 2.45) is 5.92 Å². The lowest BCUT2D eigenvalue weighted by atomic mass is 10.1. The van der Waals surface area contributed by atoms with E-state index in [9.17, 15) is 19.5 Å². The van der Waals surface area contributed by atoms with Gasteiger partial charge in [-0.3, -0.25) is 14.4 Å². The monoisotopic (exact) mass is 385 g/mol. The summed E-state index contributed by atoms with van der Waals surface area (Å²) in [6, 6.07) is 11.8. The van der Waals surface area contributed by atoms with Gasteiger partial charge in [0.05, 0.1) is 25.7 Å². The Morgan fingerprint density at radius 1 is 1.29 bits per heavy atom. The first kappa shape index (κ1) is 19.6. The lowest BCUT2D eigenvalue weighted by molar-refractivity contribution is -0.126. The molecule has 1 aromatic carbocycles. The van der Waals surface area contributed by atoms with Crippen molar-refractivity contribution in [2.75, 3.05) is 25.1 Å². The molecule has 8 heteroatoms. The summed E-state index contributed by atoms with van der Waals surface area (Å²) in [5.74, 6) is -0.286. The van der Waals surface area contributed by atoms with Crippen LogP contribution in [0.25, 0.3) is 0 Å². The number of amides is 2. The Kier molecular flexibility index (Phi) is 6.10. The van der Waals surface area contributed by atoms with E-state index >= 15 is 0 Å². The number of rotatable bonds is 7. The number of hydrogen-bond acceptors (Lipinski definition) is 5. The molecule has 2 amide bonds. The first-order valence-corrected chi connectivity index (χ1v) is 9.03. The van der Waals surface area contributed by atoms with Gasteiger partial charge in [-0.1, -0.05) is 12.1 Å². The molecule has 28 heavy (non-hydrogen) atoms. The van der Waals surface area contributed by atoms with Crippen molar-refractivity contribution in [1.29, 1.82) is 0 Å². The van der Waals surface area contributed by atoms with Gasteiger partial charge in [-0.15, -0.1) is 0 Å². The van der Waals surface area contributed by atoms with Crippen LogP contribution in [0.3, 0.4) is 0 Å². The molecule has 8 nitrogen and oxygen atoms in total. The van der Waals surface area contributed by atoms with Crippen molar-refractivity contribution in [3.63, 3.8) is 0 Å². The summed E-state index contributed by atoms with van der Waals surface area (Å²) in [4.78, 5) is 38.0. The van der Waals surface area contributed by atoms with Crippen LogP contribution in [0.2, 0.25) is 0 Å². The maximum atomic E-state index is 12.4. The molecule has 0 radical (unpaired) electrons. The molecule has 1 aromatic heterocycles. The standard InChI is InChI=1S/C20H23N3O5/c1-28-17-6-4-5-15(10-17)23-12-14(9-19(23)26)20(27)21-11-16(24)13-22-8-3-2-7-18(22)25/h2-8,10,14,16,24H,9,11-13H2,1H3,(H,21,27). The molecule has 0 saturated carbocycles. The predicted octanol–water partition coefficient (Wildman–Crippen LogP) is 0.387. The SMILES string of the molecule is COc1cccc(N2CC(C(=O)NCC(O)Cn3ccccc3=O)CC2=O)c1. The zero-order valence-corrected chi connectivity index (χ0v) is 15.6. The molecule has 1 fully saturated rings. The quantitative estimate of drug-likeness (QED) is 0.718. The van der Waals surface area contributed by atoms with Crippen LogP contribution in [-0.4, -0.2) is 47.8 Å². The maximum Gasteiger partial charge on any atom is 0.250 e. The molecule has 2 aromatic rings. The number of methoxy groups -OCH3 is 1. The van der Waals surface area contributed by atoms with E-state index < -0.39 is 12.0 Å². The number of aliphatic hydroxyl groups is 1. The number of benzene rings is 1. The van der Waals surface area contributed by atoms with Crippen LogP contribution in [0, 0.1) is 5.92 Å². The fourth-order valence-corrected chi connectivity index (χ4v) is 3.18. The van der Waals surface area contributed by atoms with Gasteiger partial charge in [0.1, 0.15) is 5.75 Å². The van der Waals surface area contributed by atoms with Crippen LogP contribution >= 0.6 is 0 Å². The minimum Gasteiger partial charge on any atom is -0.497 e. The molecular weight excluding hydrogens is 362 g/mol. The summed E-state index contributed by atoms with van der Waals surface area (Å²) in [5.41, 5.74) is 0.464. The Bertz CT molecular complexity index is 910. The molecular formula is C20H23N3O5. The largest absolute Gasteiger partial charge is 0.497 e. The summed E-state index contributed by atoms with van der Waals surface area (Å²) >= 11 is 0. The van der Waals surface area contributed by atoms with Gasteiger partial charge in [-0.25, -0.2) is 0 Å². The Hall–Kier alpha value is -3.13. The molecule has 1 saturated heterocycles. The molecule has 148 valence electrons. The third-order valence-corrected chi connectivity index (χ3v) is 4.68. The lowest BCUT2D eigenvalue weighted by Crippen LogP contribution is -2.39. The number of hydrogen-bond donors (Lipinski definition) is 2. The van der Waals surface area contributed by atoms with Gasteiger partial charge < -0.3 is 24.6 Å². The van der Waals surface area contributed by atoms with E-state index in [0.29, 0.717) is 11.4 Å². The van der Waals surface area contributed by atoms with Crippen molar-refractivity contribution in [1.82, 2.24) is 9.88 Å². The second-order valence-electron chi connectivity index (χ2n) is 6.70. The van der Waals surface area contributed by atoms with Crippen molar-refractivity contribution in [3.05, 3.63) is 59.0 Å². The Labute approximate surface area is 162 Å². The molecule has 0 aliphatic carbocycles. The fraction of sp³-hybridized carbons (Fsp3) is 0.350. The molecule has 0 bridgehead atoms. The van der Waals surface area contributed by atoms with Gasteiger partial charge in [-0.2, -0.15) is 0 Å². The number of aliphatic hydroxyl groups excluding tert-OH is 1. The molecule has 2 N–H and O–H groups in total. The second-order valence-corrected chi connectivity index (χ2v) is 6.70. The Balaban J connectivity index is 1.54. The topological polar surface area (TPSA) is 101 Å². The number of nitrogens with one attached hydrogen (secondary N) is 1. The molecule has 2 atom stereocenters. The van der Waals surface area contributed by atoms with Crippen molar-refractivity contribution in [2.45, 2.75) is 19.1 Å². The summed E-state index contributed by atoms with van der Waals surface area (Å²) < 4.78 is 6.55. The molecule has 1 aliphatic heterocycles. The normalized spacial score (nSPS) is 17.4. The number of carbonyl (C=O) groups is 2. The minimum absolute atomic E-state index is 0.00399. The summed E-state index contributed by atoms with van der Waals surface area (Å²) in [6.45, 7) is 0.357. The first-order chi connectivity index (χ1) is 13.5. The second kappa shape index (κ2) is 8.71. The maximum absolute atomic E-state index is 12.4. The summed E-state index contributed by atoms with van der Waals surface area (Å²) in [5, 5.41) is 12.8. The van der Waals surface area contributed by atoms with Gasteiger partial charge in [0.15, 0.2) is 0 Å². The number of aromatic nitrogens is 1. The molecule has 0 spiro atoms. The van der Waals surface area contributed by atoms with Crippen LogP contribution in [-0.2, 0) is 16.1 Å². The predicted molar refractivity (Wildman–Crippen MR) is 103 cm³/mol. The number of carbonyl (C=O) groups excluding carboxylic acids is 2. The molecule has 1 aliphatic rings. The van der Waals surface area contributed by atoms with Crippen LogP contribution in [0.5, 0.6) is 5.75 Å². The van der Waals surface area contributed by atoms with Crippen molar-refractivity contribution < 1.29 is 19.4 Å². The third-order valence-electron chi connectivity index (χ3n) is 4.68. The molecule has 3 rings (SSSR count). The van der Waals surface area contributed by atoms with Gasteiger partial charge >= 0.3 is 0 Å². The van der Waals surface area contributed by atoms with Gasteiger partial charge in [-0.05, 0) is 18.2 Å². The highest BCUT2D eigenvalue weighted by Gasteiger charge is 2.35. The summed E-state index contributed by atoms with van der Waals surface area (Å²) in [6.07, 6.45) is 0.780. The van der Waals surface area contributed by atoms with E-state index in [1.54, 1.807) is 54.6 Å². The van der Waals surface area contributed by atoms with Gasteiger partial charge in [0.2, 0.25) is 11.8 Å². The average molecular weight is 385 g/mol. The molecule has 2 heterocycles. The van der Waals surface area contributed by atoms with Crippen molar-refractivity contribution >= 4 is 17.5 Å². The molecule has 2 unspecified atom stereocenters. The lowest BCUT2D eigenvalue weighted by Gasteiger charge is -2.18. The highest BCUT2D eigenvalue weighted by molar-refractivity contribution is 6.00. The van der Waals surface area contributed by atoms with E-state index in [1.807, 2.05) is 0 Å². The van der Waals surface area contributed by atoms with Gasteiger partial charge in [0, 0.05) is 43.5 Å². The highest BCUT2D eigenvalue weighted by Crippen LogP contribution is 2.27. The van der Waals surface area contributed by atoms with Crippen LogP contribution in [0.1, 0.15) is 6.42 Å². The van der Waals surface area contributed by atoms with E-state index in [2.05, 4.69) is 5.32 Å². The smallest absolute Gasteiger partial charge is 0.250 e. The number of nitrogens with zero attached hydrogens (tertiary/aromatic N) is 2. The van der Waals surface area contributed by atoms with E-state index in [0.717, 1.165) is 0 Å². The first-order valence-electron chi connectivity index (χ1n) is 9.03. The Morgan fingerprint density at radius 2 is 2.11 bits per heavy atom. The van der Waals surface area contributed by atoms with Crippen LogP contribution in [0.15, 0.2) is 53.5 Å². The average Bonchev–Trinajstić information content (AvgIpc) is 3.10. The van der Waals surface area contributed by atoms with E-state index in [4.69, 9.17) is 4.74 Å². The number of anilines is 1.